The second-order valence-corrected chi connectivity index (χ2v) is 6.93. The van der Waals surface area contributed by atoms with Crippen LogP contribution >= 0.6 is 0 Å². The van der Waals surface area contributed by atoms with E-state index in [1.165, 1.54) is 25.2 Å². The van der Waals surface area contributed by atoms with E-state index >= 15 is 0 Å². The second-order valence-electron chi connectivity index (χ2n) is 6.93. The summed E-state index contributed by atoms with van der Waals surface area (Å²) in [5, 5.41) is 4.52. The Labute approximate surface area is 165 Å². The first-order valence-electron chi connectivity index (χ1n) is 9.10. The Bertz CT molecular complexity index is 1150. The molecule has 3 aromatic carbocycles. The van der Waals surface area contributed by atoms with Crippen molar-refractivity contribution in [2.45, 2.75) is 19.2 Å². The van der Waals surface area contributed by atoms with Crippen LogP contribution in [0, 0.1) is 6.92 Å². The van der Waals surface area contributed by atoms with Gasteiger partial charge in [0.1, 0.15) is 0 Å². The van der Waals surface area contributed by atoms with Crippen molar-refractivity contribution in [3.63, 3.8) is 0 Å². The number of rotatable bonds is 3. The number of fused-ring (bicyclic) bond motifs is 1. The highest BCUT2D eigenvalue weighted by Gasteiger charge is 2.42. The molecule has 6 heteroatoms. The summed E-state index contributed by atoms with van der Waals surface area (Å²) < 4.78 is 46.5. The van der Waals surface area contributed by atoms with E-state index in [2.05, 4.69) is 5.32 Å². The number of halogens is 3. The van der Waals surface area contributed by atoms with Crippen molar-refractivity contribution in [3.05, 3.63) is 88.8 Å². The SMILES string of the molecule is CNC1=C(c2ccccc2C(F)(F)F)C(=O)C(c2cc(C)cc3ccccc23)O1. The smallest absolute Gasteiger partial charge is 0.417 e. The molecule has 4 rings (SSSR count). The molecule has 1 heterocycles. The van der Waals surface area contributed by atoms with Crippen LogP contribution in [0.15, 0.2) is 66.5 Å². The molecule has 3 nitrogen and oxygen atoms in total. The fraction of sp³-hybridized carbons (Fsp3) is 0.174. The molecule has 29 heavy (non-hydrogen) atoms. The highest BCUT2D eigenvalue weighted by molar-refractivity contribution is 6.26. The van der Waals surface area contributed by atoms with Gasteiger partial charge in [0, 0.05) is 18.2 Å². The van der Waals surface area contributed by atoms with Crippen LogP contribution in [-0.2, 0) is 15.7 Å². The van der Waals surface area contributed by atoms with Crippen LogP contribution in [0.5, 0.6) is 0 Å². The molecule has 0 radical (unpaired) electrons. The third kappa shape index (κ3) is 3.24. The lowest BCUT2D eigenvalue weighted by Gasteiger charge is -2.15. The Kier molecular flexibility index (Phi) is 4.57. The number of aryl methyl sites for hydroxylation is 1. The van der Waals surface area contributed by atoms with Crippen molar-refractivity contribution >= 4 is 22.1 Å². The number of ketones is 1. The number of hydrogen-bond acceptors (Lipinski definition) is 3. The van der Waals surface area contributed by atoms with Gasteiger partial charge in [0.25, 0.3) is 0 Å². The van der Waals surface area contributed by atoms with Crippen LogP contribution < -0.4 is 5.32 Å². The topological polar surface area (TPSA) is 38.3 Å². The fourth-order valence-corrected chi connectivity index (χ4v) is 3.78. The maximum absolute atomic E-state index is 13.5. The summed E-state index contributed by atoms with van der Waals surface area (Å²) in [6.45, 7) is 1.90. The quantitative estimate of drug-likeness (QED) is 0.644. The van der Waals surface area contributed by atoms with E-state index in [-0.39, 0.29) is 17.0 Å². The summed E-state index contributed by atoms with van der Waals surface area (Å²) in [5.74, 6) is -0.455. The number of hydrogen-bond donors (Lipinski definition) is 1. The van der Waals surface area contributed by atoms with Crippen LogP contribution in [0.3, 0.4) is 0 Å². The predicted octanol–water partition coefficient (Wildman–Crippen LogP) is 5.40. The molecule has 3 aromatic rings. The lowest BCUT2D eigenvalue weighted by molar-refractivity contribution is -0.137. The highest BCUT2D eigenvalue weighted by atomic mass is 19.4. The minimum atomic E-state index is -4.59. The summed E-state index contributed by atoms with van der Waals surface area (Å²) in [6.07, 6.45) is -5.60. The zero-order chi connectivity index (χ0) is 20.8. The van der Waals surface area contributed by atoms with Crippen molar-refractivity contribution in [2.75, 3.05) is 7.05 Å². The van der Waals surface area contributed by atoms with Crippen LogP contribution in [0.25, 0.3) is 16.3 Å². The van der Waals surface area contributed by atoms with Gasteiger partial charge in [0.15, 0.2) is 12.0 Å². The lowest BCUT2D eigenvalue weighted by atomic mass is 9.91. The number of ether oxygens (including phenoxy) is 1. The molecule has 1 N–H and O–H groups in total. The van der Waals surface area contributed by atoms with Crippen molar-refractivity contribution in [2.24, 2.45) is 0 Å². The Morgan fingerprint density at radius 1 is 1.00 bits per heavy atom. The molecule has 1 aliphatic heterocycles. The first-order valence-corrected chi connectivity index (χ1v) is 9.10. The molecule has 1 unspecified atom stereocenters. The van der Waals surface area contributed by atoms with E-state index in [9.17, 15) is 18.0 Å². The predicted molar refractivity (Wildman–Crippen MR) is 105 cm³/mol. The molecule has 148 valence electrons. The summed E-state index contributed by atoms with van der Waals surface area (Å²) >= 11 is 0. The highest BCUT2D eigenvalue weighted by Crippen LogP contribution is 2.43. The lowest BCUT2D eigenvalue weighted by Crippen LogP contribution is -2.14. The van der Waals surface area contributed by atoms with Gasteiger partial charge in [-0.2, -0.15) is 13.2 Å². The van der Waals surface area contributed by atoms with Crippen molar-refractivity contribution in [3.8, 4) is 0 Å². The molecule has 0 aromatic heterocycles. The summed E-state index contributed by atoms with van der Waals surface area (Å²) in [5.41, 5.74) is 0.433. The fourth-order valence-electron chi connectivity index (χ4n) is 3.78. The van der Waals surface area contributed by atoms with Crippen LogP contribution in [0.2, 0.25) is 0 Å². The Balaban J connectivity index is 1.86. The van der Waals surface area contributed by atoms with Gasteiger partial charge in [0.2, 0.25) is 5.78 Å². The molecule has 0 saturated heterocycles. The molecular weight excluding hydrogens is 379 g/mol. The third-order valence-electron chi connectivity index (χ3n) is 5.00. The number of carbonyl (C=O) groups excluding carboxylic acids is 1. The van der Waals surface area contributed by atoms with Crippen LogP contribution in [0.4, 0.5) is 13.2 Å². The Morgan fingerprint density at radius 3 is 2.41 bits per heavy atom. The van der Waals surface area contributed by atoms with Gasteiger partial charge < -0.3 is 10.1 Å². The zero-order valence-electron chi connectivity index (χ0n) is 15.8. The van der Waals surface area contributed by atoms with E-state index in [0.717, 1.165) is 22.4 Å². The maximum atomic E-state index is 13.5. The summed E-state index contributed by atoms with van der Waals surface area (Å²) in [7, 11) is 1.52. The van der Waals surface area contributed by atoms with E-state index in [0.29, 0.717) is 5.56 Å². The van der Waals surface area contributed by atoms with E-state index in [1.54, 1.807) is 0 Å². The van der Waals surface area contributed by atoms with Crippen LogP contribution in [0.1, 0.15) is 28.4 Å². The van der Waals surface area contributed by atoms with Gasteiger partial charge in [0.05, 0.1) is 11.1 Å². The number of Topliss-reactive ketones (excluding diaryl/α,β-unsaturated/α-hetero) is 1. The third-order valence-corrected chi connectivity index (χ3v) is 5.00. The van der Waals surface area contributed by atoms with Gasteiger partial charge >= 0.3 is 6.18 Å². The van der Waals surface area contributed by atoms with Crippen molar-refractivity contribution in [1.82, 2.24) is 5.32 Å². The van der Waals surface area contributed by atoms with Crippen molar-refractivity contribution < 1.29 is 22.7 Å². The molecular formula is C23H18F3NO2. The monoisotopic (exact) mass is 397 g/mol. The molecule has 0 amide bonds. The van der Waals surface area contributed by atoms with Gasteiger partial charge in [-0.1, -0.05) is 60.2 Å². The molecule has 0 spiro atoms. The average molecular weight is 397 g/mol. The van der Waals surface area contributed by atoms with E-state index < -0.39 is 23.6 Å². The normalized spacial score (nSPS) is 17.0. The van der Waals surface area contributed by atoms with Gasteiger partial charge in [-0.3, -0.25) is 4.79 Å². The molecule has 1 aliphatic rings. The Hall–Kier alpha value is -3.28. The number of benzene rings is 3. The van der Waals surface area contributed by atoms with Gasteiger partial charge in [-0.05, 0) is 23.8 Å². The number of nitrogens with one attached hydrogen (secondary N) is 1. The largest absolute Gasteiger partial charge is 0.462 e. The molecule has 1 atom stereocenters. The number of alkyl halides is 3. The first kappa shape index (κ1) is 19.1. The summed E-state index contributed by atoms with van der Waals surface area (Å²) in [4.78, 5) is 13.3. The molecule has 0 bridgehead atoms. The van der Waals surface area contributed by atoms with E-state index in [4.69, 9.17) is 4.74 Å². The first-order chi connectivity index (χ1) is 13.8. The molecule has 0 saturated carbocycles. The standard InChI is InChI=1S/C23H18F3NO2/c1-13-11-14-7-3-4-8-15(14)17(12-13)21-20(28)19(22(27-2)29-21)16-9-5-6-10-18(16)23(24,25)26/h3-12,21,27H,1-2H3. The maximum Gasteiger partial charge on any atom is 0.417 e. The minimum absolute atomic E-state index is 0.0438. The zero-order valence-corrected chi connectivity index (χ0v) is 15.8. The second kappa shape index (κ2) is 6.95. The molecule has 0 aliphatic carbocycles. The van der Waals surface area contributed by atoms with Crippen molar-refractivity contribution in [1.29, 1.82) is 0 Å². The molecule has 0 fully saturated rings. The summed E-state index contributed by atoms with van der Waals surface area (Å²) in [6, 6.07) is 16.4. The van der Waals surface area contributed by atoms with E-state index in [1.807, 2.05) is 43.3 Å². The van der Waals surface area contributed by atoms with Gasteiger partial charge in [-0.15, -0.1) is 0 Å². The average Bonchev–Trinajstić information content (AvgIpc) is 3.02. The number of carbonyl (C=O) groups is 1. The van der Waals surface area contributed by atoms with Gasteiger partial charge in [-0.25, -0.2) is 0 Å². The minimum Gasteiger partial charge on any atom is -0.462 e. The van der Waals surface area contributed by atoms with Crippen LogP contribution in [-0.4, -0.2) is 12.8 Å². The Morgan fingerprint density at radius 2 is 1.69 bits per heavy atom.